The van der Waals surface area contributed by atoms with Crippen molar-refractivity contribution in [3.05, 3.63) is 54.2 Å². The molecule has 0 unspecified atom stereocenters. The molecule has 0 amide bonds. The molecule has 0 spiro atoms. The number of nitrogens with zero attached hydrogens (tertiary/aromatic N) is 3. The summed E-state index contributed by atoms with van der Waals surface area (Å²) in [6.45, 7) is -6.23. The highest BCUT2D eigenvalue weighted by Gasteiger charge is 2.12. The molecule has 6 nitrogen and oxygen atoms in total. The highest BCUT2D eigenvalue weighted by molar-refractivity contribution is 5.91. The Morgan fingerprint density at radius 2 is 1.78 bits per heavy atom. The molecule has 0 aliphatic heterocycles. The summed E-state index contributed by atoms with van der Waals surface area (Å²) < 4.78 is 58.2. The molecule has 1 N–H and O–H groups in total. The Kier molecular flexibility index (Phi) is 5.64. The first-order valence-corrected chi connectivity index (χ1v) is 7.56. The lowest BCUT2D eigenvalue weighted by molar-refractivity contribution is -0.0543. The van der Waals surface area contributed by atoms with Crippen LogP contribution in [0.3, 0.4) is 0 Å². The maximum atomic E-state index is 12.6. The zero-order chi connectivity index (χ0) is 19.2. The number of fused-ring (bicyclic) bond motifs is 1. The number of hydrogen-bond acceptors (Lipinski definition) is 6. The third kappa shape index (κ3) is 4.81. The normalized spacial score (nSPS) is 11.5. The average Bonchev–Trinajstić information content (AvgIpc) is 2.62. The number of ether oxygens (including phenoxy) is 2. The Morgan fingerprint density at radius 3 is 2.56 bits per heavy atom. The summed E-state index contributed by atoms with van der Waals surface area (Å²) in [6.07, 6.45) is 2.77. The molecule has 10 heteroatoms. The third-order valence-electron chi connectivity index (χ3n) is 3.37. The number of nitrogens with one attached hydrogen (secondary N) is 1. The van der Waals surface area contributed by atoms with E-state index >= 15 is 0 Å². The first-order chi connectivity index (χ1) is 13.0. The molecular formula is C17H12F4N4O2. The van der Waals surface area contributed by atoms with Crippen LogP contribution in [0.2, 0.25) is 0 Å². The van der Waals surface area contributed by atoms with Crippen LogP contribution in [0.15, 0.2) is 53.8 Å². The molecule has 0 saturated carbocycles. The summed E-state index contributed by atoms with van der Waals surface area (Å²) in [7, 11) is 0. The summed E-state index contributed by atoms with van der Waals surface area (Å²) >= 11 is 0. The zero-order valence-corrected chi connectivity index (χ0v) is 13.5. The number of alkyl halides is 4. The van der Waals surface area contributed by atoms with Gasteiger partial charge in [0, 0.05) is 22.4 Å². The SMILES string of the molecule is FC(F)Oc1ccc(/C=N\Nc2nncc3ccccc23)c(OC(F)F)c1. The largest absolute Gasteiger partial charge is 0.435 e. The summed E-state index contributed by atoms with van der Waals surface area (Å²) in [4.78, 5) is 0. The Labute approximate surface area is 150 Å². The van der Waals surface area contributed by atoms with Gasteiger partial charge in [-0.2, -0.15) is 27.8 Å². The van der Waals surface area contributed by atoms with E-state index in [9.17, 15) is 17.6 Å². The van der Waals surface area contributed by atoms with Gasteiger partial charge in [0.2, 0.25) is 0 Å². The van der Waals surface area contributed by atoms with Crippen LogP contribution < -0.4 is 14.9 Å². The third-order valence-corrected chi connectivity index (χ3v) is 3.37. The fourth-order valence-corrected chi connectivity index (χ4v) is 2.27. The second-order valence-electron chi connectivity index (χ2n) is 5.11. The van der Waals surface area contributed by atoms with Crippen molar-refractivity contribution in [1.29, 1.82) is 0 Å². The fraction of sp³-hybridized carbons (Fsp3) is 0.118. The van der Waals surface area contributed by atoms with Crippen molar-refractivity contribution >= 4 is 22.8 Å². The number of halogens is 4. The number of rotatable bonds is 7. The maximum absolute atomic E-state index is 12.6. The van der Waals surface area contributed by atoms with E-state index in [4.69, 9.17) is 0 Å². The lowest BCUT2D eigenvalue weighted by Crippen LogP contribution is -2.07. The predicted octanol–water partition coefficient (Wildman–Crippen LogP) is 4.28. The first-order valence-electron chi connectivity index (χ1n) is 7.56. The highest BCUT2D eigenvalue weighted by atomic mass is 19.3. The number of hydrogen-bond donors (Lipinski definition) is 1. The molecule has 0 atom stereocenters. The van der Waals surface area contributed by atoms with Crippen LogP contribution in [0.4, 0.5) is 23.4 Å². The van der Waals surface area contributed by atoms with Crippen molar-refractivity contribution in [3.8, 4) is 11.5 Å². The van der Waals surface area contributed by atoms with Crippen molar-refractivity contribution < 1.29 is 27.0 Å². The van der Waals surface area contributed by atoms with Crippen molar-refractivity contribution in [1.82, 2.24) is 10.2 Å². The fourth-order valence-electron chi connectivity index (χ4n) is 2.27. The molecule has 0 aliphatic rings. The molecule has 1 aromatic heterocycles. The second kappa shape index (κ2) is 8.30. The van der Waals surface area contributed by atoms with Gasteiger partial charge >= 0.3 is 13.2 Å². The van der Waals surface area contributed by atoms with Gasteiger partial charge in [-0.25, -0.2) is 0 Å². The summed E-state index contributed by atoms with van der Waals surface area (Å²) in [6, 6.07) is 10.7. The van der Waals surface area contributed by atoms with Crippen LogP contribution >= 0.6 is 0 Å². The number of benzene rings is 2. The van der Waals surface area contributed by atoms with Gasteiger partial charge in [-0.05, 0) is 12.1 Å². The maximum Gasteiger partial charge on any atom is 0.387 e. The summed E-state index contributed by atoms with van der Waals surface area (Å²) in [5, 5.41) is 13.3. The van der Waals surface area contributed by atoms with Gasteiger partial charge < -0.3 is 9.47 Å². The molecule has 0 aliphatic carbocycles. The Morgan fingerprint density at radius 1 is 1.00 bits per heavy atom. The molecule has 3 rings (SSSR count). The zero-order valence-electron chi connectivity index (χ0n) is 13.5. The van der Waals surface area contributed by atoms with Gasteiger partial charge in [-0.1, -0.05) is 24.3 Å². The highest BCUT2D eigenvalue weighted by Crippen LogP contribution is 2.26. The van der Waals surface area contributed by atoms with Crippen LogP contribution in [-0.2, 0) is 0 Å². The van der Waals surface area contributed by atoms with E-state index in [0.29, 0.717) is 5.82 Å². The smallest absolute Gasteiger partial charge is 0.387 e. The van der Waals surface area contributed by atoms with E-state index in [0.717, 1.165) is 16.8 Å². The van der Waals surface area contributed by atoms with Crippen LogP contribution in [0.1, 0.15) is 5.56 Å². The van der Waals surface area contributed by atoms with Crippen LogP contribution in [0, 0.1) is 0 Å². The van der Waals surface area contributed by atoms with Crippen molar-refractivity contribution in [3.63, 3.8) is 0 Å². The molecule has 2 aromatic carbocycles. The molecule has 0 saturated heterocycles. The van der Waals surface area contributed by atoms with Gasteiger partial charge in [-0.3, -0.25) is 5.43 Å². The van der Waals surface area contributed by atoms with Crippen LogP contribution in [-0.4, -0.2) is 29.6 Å². The van der Waals surface area contributed by atoms with Crippen molar-refractivity contribution in [2.75, 3.05) is 5.43 Å². The second-order valence-corrected chi connectivity index (χ2v) is 5.11. The van der Waals surface area contributed by atoms with Crippen LogP contribution in [0.5, 0.6) is 11.5 Å². The van der Waals surface area contributed by atoms with Crippen molar-refractivity contribution in [2.24, 2.45) is 5.10 Å². The molecule has 27 heavy (non-hydrogen) atoms. The molecular weight excluding hydrogens is 368 g/mol. The minimum Gasteiger partial charge on any atom is -0.435 e. The summed E-state index contributed by atoms with van der Waals surface area (Å²) in [5.41, 5.74) is 2.79. The van der Waals surface area contributed by atoms with E-state index in [2.05, 4.69) is 30.2 Å². The van der Waals surface area contributed by atoms with E-state index in [1.807, 2.05) is 24.3 Å². The number of anilines is 1. The molecule has 3 aromatic rings. The molecule has 140 valence electrons. The monoisotopic (exact) mass is 380 g/mol. The van der Waals surface area contributed by atoms with Gasteiger partial charge in [0.15, 0.2) is 5.82 Å². The molecule has 0 bridgehead atoms. The Hall–Kier alpha value is -3.43. The van der Waals surface area contributed by atoms with Gasteiger partial charge in [0.25, 0.3) is 0 Å². The van der Waals surface area contributed by atoms with Crippen molar-refractivity contribution in [2.45, 2.75) is 13.2 Å². The quantitative estimate of drug-likeness (QED) is 0.376. The topological polar surface area (TPSA) is 68.6 Å². The minimum atomic E-state index is -3.14. The van der Waals surface area contributed by atoms with Crippen LogP contribution in [0.25, 0.3) is 10.8 Å². The standard InChI is InChI=1S/C17H12F4N4O2/c18-16(19)26-12-6-5-11(14(7-12)27-17(20)21)9-23-25-15-13-4-2-1-3-10(13)8-22-24-15/h1-9,16-17H,(H,24,25)/b23-9-. The van der Waals surface area contributed by atoms with E-state index in [1.54, 1.807) is 6.20 Å². The average molecular weight is 380 g/mol. The van der Waals surface area contributed by atoms with E-state index in [1.165, 1.54) is 18.3 Å². The number of aromatic nitrogens is 2. The Balaban J connectivity index is 1.83. The Bertz CT molecular complexity index is 948. The lowest BCUT2D eigenvalue weighted by Gasteiger charge is -2.11. The predicted molar refractivity (Wildman–Crippen MR) is 90.5 cm³/mol. The first kappa shape index (κ1) is 18.4. The summed E-state index contributed by atoms with van der Waals surface area (Å²) in [5.74, 6) is -0.318. The van der Waals surface area contributed by atoms with Gasteiger partial charge in [0.1, 0.15) is 11.5 Å². The molecule has 0 fully saturated rings. The molecule has 1 heterocycles. The minimum absolute atomic E-state index is 0.123. The van der Waals surface area contributed by atoms with E-state index < -0.39 is 13.2 Å². The van der Waals surface area contributed by atoms with E-state index in [-0.39, 0.29) is 17.1 Å². The lowest BCUT2D eigenvalue weighted by atomic mass is 10.2. The number of hydrazone groups is 1. The molecule has 0 radical (unpaired) electrons. The van der Waals surface area contributed by atoms with Gasteiger partial charge in [0.05, 0.1) is 12.4 Å². The van der Waals surface area contributed by atoms with Gasteiger partial charge in [-0.15, -0.1) is 5.10 Å².